The van der Waals surface area contributed by atoms with Gasteiger partial charge in [0.1, 0.15) is 0 Å². The first kappa shape index (κ1) is 24.1. The van der Waals surface area contributed by atoms with Gasteiger partial charge in [0.25, 0.3) is 17.7 Å². The van der Waals surface area contributed by atoms with E-state index in [1.54, 1.807) is 50.5 Å². The van der Waals surface area contributed by atoms with E-state index in [1.165, 1.54) is 0 Å². The van der Waals surface area contributed by atoms with E-state index in [2.05, 4.69) is 16.0 Å². The van der Waals surface area contributed by atoms with E-state index in [4.69, 9.17) is 5.73 Å². The number of nitrogens with two attached hydrogens (primary N) is 1. The van der Waals surface area contributed by atoms with Gasteiger partial charge in [-0.3, -0.25) is 14.4 Å². The Hall–Kier alpha value is -3.54. The molecule has 0 unspecified atom stereocenters. The summed E-state index contributed by atoms with van der Waals surface area (Å²) in [5, 5.41) is 11.2. The van der Waals surface area contributed by atoms with Gasteiger partial charge in [0.2, 0.25) is 0 Å². The topological polar surface area (TPSA) is 113 Å². The second kappa shape index (κ2) is 11.4. The van der Waals surface area contributed by atoms with Crippen LogP contribution < -0.4 is 37.6 Å². The van der Waals surface area contributed by atoms with Crippen molar-refractivity contribution in [3.8, 4) is 0 Å². The molecular weight excluding hydrogens is 435 g/mol. The van der Waals surface area contributed by atoms with Crippen LogP contribution in [0.15, 0.2) is 72.8 Å². The number of carbonyl (C=O) groups is 3. The molecule has 5 N–H and O–H groups in total. The van der Waals surface area contributed by atoms with Gasteiger partial charge in [-0.25, -0.2) is 0 Å². The lowest BCUT2D eigenvalue weighted by atomic mass is 10.2. The molecule has 3 aromatic rings. The molecule has 0 saturated carbocycles. The number of benzene rings is 3. The highest BCUT2D eigenvalue weighted by molar-refractivity contribution is 7.79. The Bertz CT molecular complexity index is 1050. The van der Waals surface area contributed by atoms with Crippen molar-refractivity contribution in [2.75, 3.05) is 27.2 Å². The standard InChI is InChI=1S/C25H27N4O3P/c1-27-23(30)17-3-9-20(10-4-17)33(21-11-5-18(6-12-21)24(31)28-2)22-13-7-19(8-14-22)25(32)29-16-15-26/h3-14H,15-16,26H2,1-2H3,(H,27,30)(H,28,31)(H,29,32). The molecule has 0 heterocycles. The molecule has 0 aliphatic carbocycles. The summed E-state index contributed by atoms with van der Waals surface area (Å²) < 4.78 is 0. The highest BCUT2D eigenvalue weighted by Gasteiger charge is 2.18. The summed E-state index contributed by atoms with van der Waals surface area (Å²) in [4.78, 5) is 36.1. The van der Waals surface area contributed by atoms with Gasteiger partial charge in [-0.1, -0.05) is 36.4 Å². The van der Waals surface area contributed by atoms with Crippen molar-refractivity contribution in [3.05, 3.63) is 89.5 Å². The minimum absolute atomic E-state index is 0.145. The third kappa shape index (κ3) is 5.83. The molecule has 0 aliphatic rings. The van der Waals surface area contributed by atoms with E-state index in [1.807, 2.05) is 36.4 Å². The maximum atomic E-state index is 12.2. The predicted octanol–water partition coefficient (Wildman–Crippen LogP) is 0.853. The third-order valence-corrected chi connectivity index (χ3v) is 7.49. The number of amides is 3. The SMILES string of the molecule is CNC(=O)c1ccc(P(c2ccc(C(=O)NC)cc2)c2ccc(C(=O)NCCN)cc2)cc1. The molecule has 0 aromatic heterocycles. The van der Waals surface area contributed by atoms with Crippen molar-refractivity contribution in [2.24, 2.45) is 5.73 Å². The number of rotatable bonds is 8. The van der Waals surface area contributed by atoms with Crippen LogP contribution in [-0.4, -0.2) is 44.9 Å². The van der Waals surface area contributed by atoms with Crippen LogP contribution in [0.5, 0.6) is 0 Å². The monoisotopic (exact) mass is 462 g/mol. The zero-order valence-electron chi connectivity index (χ0n) is 18.6. The Morgan fingerprint density at radius 3 is 1.27 bits per heavy atom. The van der Waals surface area contributed by atoms with Crippen molar-refractivity contribution in [3.63, 3.8) is 0 Å². The average Bonchev–Trinajstić information content (AvgIpc) is 2.87. The number of hydrogen-bond acceptors (Lipinski definition) is 4. The maximum Gasteiger partial charge on any atom is 0.251 e. The van der Waals surface area contributed by atoms with Gasteiger partial charge in [-0.2, -0.15) is 0 Å². The van der Waals surface area contributed by atoms with Crippen LogP contribution in [0.4, 0.5) is 0 Å². The van der Waals surface area contributed by atoms with Crippen molar-refractivity contribution in [1.82, 2.24) is 16.0 Å². The molecule has 0 bridgehead atoms. The van der Waals surface area contributed by atoms with Gasteiger partial charge in [-0.15, -0.1) is 0 Å². The molecule has 0 spiro atoms. The van der Waals surface area contributed by atoms with Crippen LogP contribution >= 0.6 is 7.92 Å². The smallest absolute Gasteiger partial charge is 0.251 e. The molecule has 0 saturated heterocycles. The Kier molecular flexibility index (Phi) is 8.30. The van der Waals surface area contributed by atoms with Gasteiger partial charge < -0.3 is 21.7 Å². The van der Waals surface area contributed by atoms with Crippen LogP contribution in [-0.2, 0) is 0 Å². The molecule has 0 fully saturated rings. The fourth-order valence-electron chi connectivity index (χ4n) is 3.31. The quantitative estimate of drug-likeness (QED) is 0.372. The fourth-order valence-corrected chi connectivity index (χ4v) is 5.55. The molecule has 7 nitrogen and oxygen atoms in total. The minimum Gasteiger partial charge on any atom is -0.355 e. The Morgan fingerprint density at radius 1 is 0.636 bits per heavy atom. The fraction of sp³-hybridized carbons (Fsp3) is 0.160. The second-order valence-corrected chi connectivity index (χ2v) is 9.40. The number of hydrogen-bond donors (Lipinski definition) is 4. The second-order valence-electron chi connectivity index (χ2n) is 7.18. The van der Waals surface area contributed by atoms with E-state index in [0.717, 1.165) is 15.9 Å². The molecule has 0 radical (unpaired) electrons. The molecular formula is C25H27N4O3P. The average molecular weight is 462 g/mol. The normalized spacial score (nSPS) is 10.5. The van der Waals surface area contributed by atoms with Crippen LogP contribution in [0.2, 0.25) is 0 Å². The van der Waals surface area contributed by atoms with Gasteiger partial charge in [0.05, 0.1) is 0 Å². The van der Waals surface area contributed by atoms with Crippen molar-refractivity contribution < 1.29 is 14.4 Å². The molecule has 8 heteroatoms. The largest absolute Gasteiger partial charge is 0.355 e. The summed E-state index contributed by atoms with van der Waals surface area (Å²) in [5.74, 6) is -0.455. The first-order valence-corrected chi connectivity index (χ1v) is 11.9. The first-order chi connectivity index (χ1) is 16.0. The maximum absolute atomic E-state index is 12.2. The number of nitrogens with one attached hydrogen (secondary N) is 3. The number of carbonyl (C=O) groups excluding carboxylic acids is 3. The van der Waals surface area contributed by atoms with Gasteiger partial charge in [0, 0.05) is 43.9 Å². The predicted molar refractivity (Wildman–Crippen MR) is 133 cm³/mol. The molecule has 3 aromatic carbocycles. The van der Waals surface area contributed by atoms with Gasteiger partial charge >= 0.3 is 0 Å². The molecule has 0 aliphatic heterocycles. The lowest BCUT2D eigenvalue weighted by Crippen LogP contribution is -2.29. The minimum atomic E-state index is -0.976. The summed E-state index contributed by atoms with van der Waals surface area (Å²) in [6.07, 6.45) is 0. The van der Waals surface area contributed by atoms with Gasteiger partial charge in [0.15, 0.2) is 0 Å². The van der Waals surface area contributed by atoms with Crippen LogP contribution in [0.3, 0.4) is 0 Å². The summed E-state index contributed by atoms with van der Waals surface area (Å²) in [6, 6.07) is 22.5. The van der Waals surface area contributed by atoms with Crippen LogP contribution in [0.1, 0.15) is 31.1 Å². The molecule has 33 heavy (non-hydrogen) atoms. The molecule has 170 valence electrons. The van der Waals surface area contributed by atoms with E-state index in [-0.39, 0.29) is 17.7 Å². The Balaban J connectivity index is 1.99. The van der Waals surface area contributed by atoms with Gasteiger partial charge in [-0.05, 0) is 60.2 Å². The summed E-state index contributed by atoms with van der Waals surface area (Å²) in [7, 11) is 2.22. The van der Waals surface area contributed by atoms with E-state index in [0.29, 0.717) is 29.8 Å². The zero-order chi connectivity index (χ0) is 23.8. The van der Waals surface area contributed by atoms with Crippen LogP contribution in [0.25, 0.3) is 0 Å². The van der Waals surface area contributed by atoms with Crippen LogP contribution in [0, 0.1) is 0 Å². The summed E-state index contributed by atoms with van der Waals surface area (Å²) in [6.45, 7) is 0.801. The highest BCUT2D eigenvalue weighted by atomic mass is 31.1. The van der Waals surface area contributed by atoms with E-state index < -0.39 is 7.92 Å². The third-order valence-electron chi connectivity index (χ3n) is 5.05. The van der Waals surface area contributed by atoms with Crippen molar-refractivity contribution in [1.29, 1.82) is 0 Å². The molecule has 3 amide bonds. The van der Waals surface area contributed by atoms with E-state index in [9.17, 15) is 14.4 Å². The molecule has 3 rings (SSSR count). The highest BCUT2D eigenvalue weighted by Crippen LogP contribution is 2.33. The van der Waals surface area contributed by atoms with Crippen molar-refractivity contribution in [2.45, 2.75) is 0 Å². The molecule has 0 atom stereocenters. The summed E-state index contributed by atoms with van der Waals surface area (Å²) >= 11 is 0. The Labute approximate surface area is 194 Å². The van der Waals surface area contributed by atoms with E-state index >= 15 is 0 Å². The lowest BCUT2D eigenvalue weighted by molar-refractivity contribution is 0.0949. The zero-order valence-corrected chi connectivity index (χ0v) is 19.5. The van der Waals surface area contributed by atoms with Crippen molar-refractivity contribution >= 4 is 41.6 Å². The Morgan fingerprint density at radius 2 is 0.970 bits per heavy atom. The summed E-state index contributed by atoms with van der Waals surface area (Å²) in [5.41, 5.74) is 7.19. The lowest BCUT2D eigenvalue weighted by Gasteiger charge is -2.20. The first-order valence-electron chi connectivity index (χ1n) is 10.5.